The average molecular weight is 72.1 g/mol. The van der Waals surface area contributed by atoms with Crippen LogP contribution in [0.25, 0.3) is 0 Å². The van der Waals surface area contributed by atoms with Gasteiger partial charge in [-0.25, -0.2) is 0 Å². The van der Waals surface area contributed by atoms with Crippen LogP contribution in [0.5, 0.6) is 0 Å². The molecule has 0 atom stereocenters. The number of hydrogen-bond donors (Lipinski definition) is 1. The maximum Gasteiger partial charge on any atom is 0.00273 e. The Bertz CT molecular complexity index is 33.9. The Hall–Kier alpha value is -0.660. The average Bonchev–Trinajstić information content (AvgIpc) is 1.41. The molecule has 2 heteroatoms. The van der Waals surface area contributed by atoms with Crippen LogP contribution in [0.3, 0.4) is 0 Å². The topological polar surface area (TPSA) is 35.1 Å². The van der Waals surface area contributed by atoms with E-state index in [-0.39, 0.29) is 0 Å². The van der Waals surface area contributed by atoms with Gasteiger partial charge in [0.2, 0.25) is 0 Å². The fourth-order valence-corrected chi connectivity index (χ4v) is 0.0680. The van der Waals surface area contributed by atoms with Gasteiger partial charge in [0, 0.05) is 7.05 Å². The Labute approximate surface area is 31.1 Å². The van der Waals surface area contributed by atoms with Crippen molar-refractivity contribution in [3.05, 3.63) is 12.5 Å². The molecule has 0 spiro atoms. The molecule has 0 aromatic heterocycles. The van der Waals surface area contributed by atoms with Crippen molar-refractivity contribution in [1.82, 2.24) is 5.32 Å². The van der Waals surface area contributed by atoms with Crippen molar-refractivity contribution in [2.24, 2.45) is 0 Å². The molecular weight excluding hydrogens is 66.0 g/mol. The van der Waals surface area contributed by atoms with Crippen LogP contribution in [0.4, 0.5) is 0 Å². The SMILES string of the molecule is CN/C=C/[O-]. The largest absolute Gasteiger partial charge is 0.877 e. The van der Waals surface area contributed by atoms with Crippen LogP contribution in [0.15, 0.2) is 12.5 Å². The summed E-state index contributed by atoms with van der Waals surface area (Å²) >= 11 is 0. The molecule has 0 saturated heterocycles. The van der Waals surface area contributed by atoms with Gasteiger partial charge in [-0.15, -0.1) is 6.26 Å². The first-order valence-electron chi connectivity index (χ1n) is 1.36. The second kappa shape index (κ2) is 3.34. The zero-order chi connectivity index (χ0) is 4.12. The second-order valence-corrected chi connectivity index (χ2v) is 0.591. The molecule has 1 N–H and O–H groups in total. The van der Waals surface area contributed by atoms with E-state index in [2.05, 4.69) is 5.32 Å². The lowest BCUT2D eigenvalue weighted by molar-refractivity contribution is -0.275. The maximum absolute atomic E-state index is 9.29. The van der Waals surface area contributed by atoms with E-state index in [9.17, 15) is 5.11 Å². The first-order valence-corrected chi connectivity index (χ1v) is 1.36. The summed E-state index contributed by atoms with van der Waals surface area (Å²) in [7, 11) is 1.68. The molecule has 0 fully saturated rings. The monoisotopic (exact) mass is 72.0 g/mol. The molecular formula is C3H6NO-. The normalized spacial score (nSPS) is 9.00. The third-order valence-electron chi connectivity index (χ3n) is 0.235. The summed E-state index contributed by atoms with van der Waals surface area (Å²) in [6.45, 7) is 0. The lowest BCUT2D eigenvalue weighted by atomic mass is 11.0. The van der Waals surface area contributed by atoms with Crippen LogP contribution in [0, 0.1) is 0 Å². The minimum Gasteiger partial charge on any atom is -0.877 e. The van der Waals surface area contributed by atoms with Crippen LogP contribution in [-0.2, 0) is 0 Å². The van der Waals surface area contributed by atoms with Crippen LogP contribution in [0.1, 0.15) is 0 Å². The maximum atomic E-state index is 9.29. The Morgan fingerprint density at radius 3 is 2.40 bits per heavy atom. The summed E-state index contributed by atoms with van der Waals surface area (Å²) in [6, 6.07) is 0. The minimum atomic E-state index is 0.694. The third-order valence-corrected chi connectivity index (χ3v) is 0.235. The highest BCUT2D eigenvalue weighted by molar-refractivity contribution is 4.61. The molecule has 0 aromatic carbocycles. The summed E-state index contributed by atoms with van der Waals surface area (Å²) in [5.74, 6) is 0. The molecule has 30 valence electrons. The first kappa shape index (κ1) is 4.34. The van der Waals surface area contributed by atoms with Crippen molar-refractivity contribution in [1.29, 1.82) is 0 Å². The van der Waals surface area contributed by atoms with Gasteiger partial charge in [0.05, 0.1) is 0 Å². The zero-order valence-corrected chi connectivity index (χ0v) is 3.06. The van der Waals surface area contributed by atoms with E-state index in [0.29, 0.717) is 6.26 Å². The molecule has 0 aliphatic carbocycles. The fraction of sp³-hybridized carbons (Fsp3) is 0.333. The lowest BCUT2D eigenvalue weighted by Gasteiger charge is -1.85. The fourth-order valence-electron chi connectivity index (χ4n) is 0.0680. The summed E-state index contributed by atoms with van der Waals surface area (Å²) in [5, 5.41) is 11.8. The summed E-state index contributed by atoms with van der Waals surface area (Å²) in [5.41, 5.74) is 0. The highest BCUT2D eigenvalue weighted by Gasteiger charge is 1.39. The van der Waals surface area contributed by atoms with Gasteiger partial charge < -0.3 is 10.4 Å². The van der Waals surface area contributed by atoms with Crippen molar-refractivity contribution in [3.8, 4) is 0 Å². The first-order chi connectivity index (χ1) is 2.41. The van der Waals surface area contributed by atoms with E-state index in [1.807, 2.05) is 0 Å². The van der Waals surface area contributed by atoms with Gasteiger partial charge >= 0.3 is 0 Å². The zero-order valence-electron chi connectivity index (χ0n) is 3.06. The van der Waals surface area contributed by atoms with Crippen molar-refractivity contribution in [2.75, 3.05) is 7.05 Å². The predicted octanol–water partition coefficient (Wildman–Crippen LogP) is -0.963. The Kier molecular flexibility index (Phi) is 2.90. The number of rotatable bonds is 1. The molecule has 0 aliphatic heterocycles. The van der Waals surface area contributed by atoms with E-state index in [4.69, 9.17) is 0 Å². The molecule has 0 rings (SSSR count). The Morgan fingerprint density at radius 1 is 1.80 bits per heavy atom. The van der Waals surface area contributed by atoms with Crippen molar-refractivity contribution in [3.63, 3.8) is 0 Å². The van der Waals surface area contributed by atoms with E-state index in [1.165, 1.54) is 6.20 Å². The van der Waals surface area contributed by atoms with Crippen molar-refractivity contribution in [2.45, 2.75) is 0 Å². The molecule has 0 radical (unpaired) electrons. The Balaban J connectivity index is 2.62. The smallest absolute Gasteiger partial charge is 0.00273 e. The summed E-state index contributed by atoms with van der Waals surface area (Å²) < 4.78 is 0. The minimum absolute atomic E-state index is 0.694. The van der Waals surface area contributed by atoms with Crippen molar-refractivity contribution >= 4 is 0 Å². The van der Waals surface area contributed by atoms with Gasteiger partial charge in [0.25, 0.3) is 0 Å². The summed E-state index contributed by atoms with van der Waals surface area (Å²) in [6.07, 6.45) is 2.01. The standard InChI is InChI=1S/C3H7NO/c1-4-2-3-5/h2-5H,1H3/p-1/b3-2+. The third kappa shape index (κ3) is 3.34. The second-order valence-electron chi connectivity index (χ2n) is 0.591. The molecule has 0 unspecified atom stereocenters. The molecule has 0 aromatic rings. The van der Waals surface area contributed by atoms with Crippen LogP contribution < -0.4 is 10.4 Å². The van der Waals surface area contributed by atoms with Gasteiger partial charge in [-0.05, 0) is 6.20 Å². The van der Waals surface area contributed by atoms with E-state index in [1.54, 1.807) is 7.05 Å². The van der Waals surface area contributed by atoms with Gasteiger partial charge in [0.15, 0.2) is 0 Å². The Morgan fingerprint density at radius 2 is 2.40 bits per heavy atom. The van der Waals surface area contributed by atoms with Crippen LogP contribution in [0.2, 0.25) is 0 Å². The molecule has 5 heavy (non-hydrogen) atoms. The highest BCUT2D eigenvalue weighted by Crippen LogP contribution is 1.41. The molecule has 0 aliphatic rings. The molecule has 0 amide bonds. The van der Waals surface area contributed by atoms with E-state index < -0.39 is 0 Å². The van der Waals surface area contributed by atoms with Crippen LogP contribution >= 0.6 is 0 Å². The highest BCUT2D eigenvalue weighted by atomic mass is 16.2. The van der Waals surface area contributed by atoms with Gasteiger partial charge in [0.1, 0.15) is 0 Å². The van der Waals surface area contributed by atoms with Gasteiger partial charge in [-0.2, -0.15) is 0 Å². The van der Waals surface area contributed by atoms with Gasteiger partial charge in [-0.3, -0.25) is 0 Å². The van der Waals surface area contributed by atoms with Crippen molar-refractivity contribution < 1.29 is 5.11 Å². The quantitative estimate of drug-likeness (QED) is 0.405. The lowest BCUT2D eigenvalue weighted by Crippen LogP contribution is -1.95. The van der Waals surface area contributed by atoms with E-state index >= 15 is 0 Å². The van der Waals surface area contributed by atoms with Gasteiger partial charge in [-0.1, -0.05) is 0 Å². The van der Waals surface area contributed by atoms with E-state index in [0.717, 1.165) is 0 Å². The molecule has 2 nitrogen and oxygen atoms in total. The number of hydrogen-bond acceptors (Lipinski definition) is 2. The molecule has 0 bridgehead atoms. The predicted molar refractivity (Wildman–Crippen MR) is 18.2 cm³/mol. The molecule has 0 saturated carbocycles. The summed E-state index contributed by atoms with van der Waals surface area (Å²) in [4.78, 5) is 0. The van der Waals surface area contributed by atoms with Crippen LogP contribution in [-0.4, -0.2) is 7.05 Å². The molecule has 0 heterocycles. The number of nitrogens with one attached hydrogen (secondary N) is 1.